The highest BCUT2D eigenvalue weighted by molar-refractivity contribution is 5.41. The molecule has 0 atom stereocenters. The van der Waals surface area contributed by atoms with Crippen LogP contribution in [0.1, 0.15) is 5.69 Å². The average Bonchev–Trinajstić information content (AvgIpc) is 1.91. The molecule has 2 nitrogen and oxygen atoms in total. The van der Waals surface area contributed by atoms with E-state index < -0.39 is 0 Å². The molecule has 0 unspecified atom stereocenters. The van der Waals surface area contributed by atoms with Crippen molar-refractivity contribution in [2.24, 2.45) is 0 Å². The molecule has 1 rings (SSSR count). The van der Waals surface area contributed by atoms with Gasteiger partial charge in [0.05, 0.1) is 12.0 Å². The molecule has 0 aliphatic heterocycles. The van der Waals surface area contributed by atoms with E-state index in [1.54, 1.807) is 12.1 Å². The fourth-order valence-electron chi connectivity index (χ4n) is 0.467. The van der Waals surface area contributed by atoms with Crippen LogP contribution in [0.4, 0.5) is 4.39 Å². The van der Waals surface area contributed by atoms with Gasteiger partial charge in [0.1, 0.15) is 0 Å². The first-order valence-electron chi connectivity index (χ1n) is 2.48. The SMILES string of the molecule is F/C=C\c1cccnn1. The van der Waals surface area contributed by atoms with Gasteiger partial charge in [0.15, 0.2) is 0 Å². The Hall–Kier alpha value is -1.25. The molecule has 0 aromatic carbocycles. The van der Waals surface area contributed by atoms with Crippen LogP contribution in [0.3, 0.4) is 0 Å². The van der Waals surface area contributed by atoms with Gasteiger partial charge in [0.25, 0.3) is 0 Å². The zero-order valence-electron chi connectivity index (χ0n) is 4.66. The van der Waals surface area contributed by atoms with Crippen molar-refractivity contribution in [3.05, 3.63) is 30.4 Å². The van der Waals surface area contributed by atoms with Crippen molar-refractivity contribution in [2.45, 2.75) is 0 Å². The molecule has 0 fully saturated rings. The van der Waals surface area contributed by atoms with Gasteiger partial charge in [-0.05, 0) is 18.2 Å². The van der Waals surface area contributed by atoms with E-state index in [4.69, 9.17) is 0 Å². The van der Waals surface area contributed by atoms with Gasteiger partial charge >= 0.3 is 0 Å². The van der Waals surface area contributed by atoms with Crippen LogP contribution in [-0.2, 0) is 0 Å². The molecule has 0 spiro atoms. The van der Waals surface area contributed by atoms with Crippen molar-refractivity contribution in [2.75, 3.05) is 0 Å². The Kier molecular flexibility index (Phi) is 1.90. The predicted molar refractivity (Wildman–Crippen MR) is 32.2 cm³/mol. The molecule has 0 saturated carbocycles. The summed E-state index contributed by atoms with van der Waals surface area (Å²) in [4.78, 5) is 0. The summed E-state index contributed by atoms with van der Waals surface area (Å²) in [6.07, 6.45) is 3.21. The third-order valence-corrected chi connectivity index (χ3v) is 0.827. The summed E-state index contributed by atoms with van der Waals surface area (Å²) in [5, 5.41) is 7.13. The minimum absolute atomic E-state index is 0.435. The smallest absolute Gasteiger partial charge is 0.0889 e. The Morgan fingerprint density at radius 2 is 2.44 bits per heavy atom. The first-order valence-corrected chi connectivity index (χ1v) is 2.48. The summed E-state index contributed by atoms with van der Waals surface area (Å²) in [6.45, 7) is 0. The largest absolute Gasteiger partial charge is 0.215 e. The minimum Gasteiger partial charge on any atom is -0.215 e. The van der Waals surface area contributed by atoms with Crippen LogP contribution in [0.5, 0.6) is 0 Å². The summed E-state index contributed by atoms with van der Waals surface area (Å²) in [7, 11) is 0. The van der Waals surface area contributed by atoms with Crippen LogP contribution in [0.25, 0.3) is 6.08 Å². The third kappa shape index (κ3) is 1.60. The maximum Gasteiger partial charge on any atom is 0.0889 e. The molecule has 0 radical (unpaired) electrons. The number of aromatic nitrogens is 2. The Bertz CT molecular complexity index is 195. The molecule has 0 amide bonds. The molecular formula is C6H5FN2. The van der Waals surface area contributed by atoms with Crippen molar-refractivity contribution in [3.8, 4) is 0 Å². The molecule has 0 aliphatic rings. The lowest BCUT2D eigenvalue weighted by Gasteiger charge is -1.83. The fourth-order valence-corrected chi connectivity index (χ4v) is 0.467. The quantitative estimate of drug-likeness (QED) is 0.565. The lowest BCUT2D eigenvalue weighted by molar-refractivity contribution is 0.726. The third-order valence-electron chi connectivity index (χ3n) is 0.827. The van der Waals surface area contributed by atoms with E-state index in [0.29, 0.717) is 12.0 Å². The van der Waals surface area contributed by atoms with E-state index >= 15 is 0 Å². The maximum absolute atomic E-state index is 11.4. The van der Waals surface area contributed by atoms with Crippen LogP contribution in [0, 0.1) is 0 Å². The van der Waals surface area contributed by atoms with Crippen molar-refractivity contribution in [1.29, 1.82) is 0 Å². The Balaban J connectivity index is 2.85. The fraction of sp³-hybridized carbons (Fsp3) is 0. The second-order valence-electron chi connectivity index (χ2n) is 1.44. The van der Waals surface area contributed by atoms with Gasteiger partial charge in [-0.2, -0.15) is 10.2 Å². The monoisotopic (exact) mass is 124 g/mol. The van der Waals surface area contributed by atoms with Crippen molar-refractivity contribution < 1.29 is 4.39 Å². The summed E-state index contributed by atoms with van der Waals surface area (Å²) in [5.41, 5.74) is 0.528. The summed E-state index contributed by atoms with van der Waals surface area (Å²) in [5.74, 6) is 0. The second kappa shape index (κ2) is 2.91. The highest BCUT2D eigenvalue weighted by atomic mass is 19.1. The van der Waals surface area contributed by atoms with E-state index in [1.807, 2.05) is 0 Å². The lowest BCUT2D eigenvalue weighted by Crippen LogP contribution is -1.80. The average molecular weight is 124 g/mol. The maximum atomic E-state index is 11.4. The second-order valence-corrected chi connectivity index (χ2v) is 1.44. The lowest BCUT2D eigenvalue weighted by atomic mass is 10.4. The molecule has 0 aliphatic carbocycles. The van der Waals surface area contributed by atoms with E-state index in [1.165, 1.54) is 12.3 Å². The Labute approximate surface area is 52.0 Å². The van der Waals surface area contributed by atoms with Crippen molar-refractivity contribution in [1.82, 2.24) is 10.2 Å². The standard InChI is InChI=1S/C6H5FN2/c7-4-3-6-2-1-5-8-9-6/h1-5H/b4-3-. The van der Waals surface area contributed by atoms with E-state index in [0.717, 1.165) is 0 Å². The summed E-state index contributed by atoms with van der Waals surface area (Å²) >= 11 is 0. The van der Waals surface area contributed by atoms with Gasteiger partial charge < -0.3 is 0 Å². The first-order chi connectivity index (χ1) is 4.43. The van der Waals surface area contributed by atoms with Gasteiger partial charge in [-0.3, -0.25) is 0 Å². The topological polar surface area (TPSA) is 25.8 Å². The molecule has 9 heavy (non-hydrogen) atoms. The van der Waals surface area contributed by atoms with Gasteiger partial charge in [0.2, 0.25) is 0 Å². The molecular weight excluding hydrogens is 119 g/mol. The van der Waals surface area contributed by atoms with Gasteiger partial charge in [-0.25, -0.2) is 4.39 Å². The van der Waals surface area contributed by atoms with E-state index in [2.05, 4.69) is 10.2 Å². The van der Waals surface area contributed by atoms with Crippen LogP contribution in [0.15, 0.2) is 24.7 Å². The van der Waals surface area contributed by atoms with Crippen LogP contribution in [0.2, 0.25) is 0 Å². The normalized spacial score (nSPS) is 10.3. The van der Waals surface area contributed by atoms with Crippen LogP contribution < -0.4 is 0 Å². The van der Waals surface area contributed by atoms with E-state index in [9.17, 15) is 4.39 Å². The highest BCUT2D eigenvalue weighted by Crippen LogP contribution is 1.93. The number of nitrogens with zero attached hydrogens (tertiary/aromatic N) is 2. The van der Waals surface area contributed by atoms with Crippen molar-refractivity contribution >= 4 is 6.08 Å². The zero-order chi connectivity index (χ0) is 6.53. The van der Waals surface area contributed by atoms with Gasteiger partial charge in [-0.15, -0.1) is 0 Å². The zero-order valence-corrected chi connectivity index (χ0v) is 4.66. The summed E-state index contributed by atoms with van der Waals surface area (Å²) < 4.78 is 11.4. The molecule has 1 aromatic heterocycles. The Morgan fingerprint density at radius 1 is 1.56 bits per heavy atom. The van der Waals surface area contributed by atoms with Gasteiger partial charge in [-0.1, -0.05) is 0 Å². The minimum atomic E-state index is 0.435. The number of rotatable bonds is 1. The van der Waals surface area contributed by atoms with Crippen LogP contribution >= 0.6 is 0 Å². The number of hydrogen-bond donors (Lipinski definition) is 0. The number of halogens is 1. The molecule has 0 saturated heterocycles. The predicted octanol–water partition coefficient (Wildman–Crippen LogP) is 1.42. The Morgan fingerprint density at radius 3 is 3.00 bits per heavy atom. The molecule has 0 N–H and O–H groups in total. The first kappa shape index (κ1) is 5.88. The molecule has 1 heterocycles. The highest BCUT2D eigenvalue weighted by Gasteiger charge is 1.81. The summed E-state index contributed by atoms with van der Waals surface area (Å²) in [6, 6.07) is 3.37. The van der Waals surface area contributed by atoms with Crippen LogP contribution in [-0.4, -0.2) is 10.2 Å². The molecule has 0 bridgehead atoms. The van der Waals surface area contributed by atoms with Gasteiger partial charge in [0, 0.05) is 6.20 Å². The molecule has 3 heteroatoms. The van der Waals surface area contributed by atoms with E-state index in [-0.39, 0.29) is 0 Å². The molecule has 1 aromatic rings. The molecule has 46 valence electrons. The van der Waals surface area contributed by atoms with Crippen molar-refractivity contribution in [3.63, 3.8) is 0 Å². The number of hydrogen-bond acceptors (Lipinski definition) is 2.